The van der Waals surface area contributed by atoms with Crippen LogP contribution in [-0.4, -0.2) is 33.7 Å². The zero-order valence-corrected chi connectivity index (χ0v) is 12.5. The van der Waals surface area contributed by atoms with Crippen LogP contribution in [0.2, 0.25) is 0 Å². The lowest BCUT2D eigenvalue weighted by Gasteiger charge is -2.26. The molecule has 1 saturated heterocycles. The number of hydrogen-bond donors (Lipinski definition) is 2. The molecule has 2 unspecified atom stereocenters. The molecule has 0 bridgehead atoms. The molecule has 5 nitrogen and oxygen atoms in total. The molecule has 1 heterocycles. The molecule has 2 rings (SSSR count). The molecular formula is C14H20N2O3S. The quantitative estimate of drug-likeness (QED) is 0.881. The molecule has 0 radical (unpaired) electrons. The van der Waals surface area contributed by atoms with Crippen LogP contribution >= 0.6 is 0 Å². The van der Waals surface area contributed by atoms with Crippen molar-refractivity contribution < 1.29 is 13.2 Å². The number of carbonyl (C=O) groups excluding carboxylic acids is 1. The predicted octanol–water partition coefficient (Wildman–Crippen LogP) is 1.27. The zero-order chi connectivity index (χ0) is 14.8. The van der Waals surface area contributed by atoms with E-state index in [0.29, 0.717) is 18.2 Å². The van der Waals surface area contributed by atoms with Crippen molar-refractivity contribution >= 4 is 21.4 Å². The smallest absolute Gasteiger partial charge is 0.228 e. The van der Waals surface area contributed by atoms with Crippen LogP contribution in [0.25, 0.3) is 0 Å². The van der Waals surface area contributed by atoms with Crippen LogP contribution in [0.15, 0.2) is 29.2 Å². The fourth-order valence-electron chi connectivity index (χ4n) is 2.39. The normalized spacial score (nSPS) is 23.3. The van der Waals surface area contributed by atoms with Gasteiger partial charge in [0.2, 0.25) is 5.91 Å². The first-order valence-electron chi connectivity index (χ1n) is 6.68. The molecule has 1 fully saturated rings. The standard InChI is InChI=1S/C14H20N2O3S/c1-10-7-11(9-15-8-10)14(17)16-12-3-5-13(6-4-12)20(2,18)19/h3-6,10-11,15H,7-9H2,1-2H3,(H,16,17). The number of carbonyl (C=O) groups is 1. The Morgan fingerprint density at radius 3 is 2.45 bits per heavy atom. The summed E-state index contributed by atoms with van der Waals surface area (Å²) in [5, 5.41) is 6.08. The molecule has 1 aromatic carbocycles. The van der Waals surface area contributed by atoms with Crippen molar-refractivity contribution in [3.63, 3.8) is 0 Å². The molecule has 20 heavy (non-hydrogen) atoms. The van der Waals surface area contributed by atoms with Gasteiger partial charge in [0, 0.05) is 18.5 Å². The molecule has 0 saturated carbocycles. The summed E-state index contributed by atoms with van der Waals surface area (Å²) < 4.78 is 22.7. The van der Waals surface area contributed by atoms with Crippen LogP contribution in [-0.2, 0) is 14.6 Å². The van der Waals surface area contributed by atoms with E-state index in [4.69, 9.17) is 0 Å². The van der Waals surface area contributed by atoms with E-state index >= 15 is 0 Å². The molecule has 2 atom stereocenters. The summed E-state index contributed by atoms with van der Waals surface area (Å²) in [4.78, 5) is 12.4. The maximum absolute atomic E-state index is 12.1. The third-order valence-electron chi connectivity index (χ3n) is 3.49. The summed E-state index contributed by atoms with van der Waals surface area (Å²) in [6, 6.07) is 6.25. The predicted molar refractivity (Wildman–Crippen MR) is 78.3 cm³/mol. The molecule has 6 heteroatoms. The van der Waals surface area contributed by atoms with Crippen LogP contribution in [0.4, 0.5) is 5.69 Å². The summed E-state index contributed by atoms with van der Waals surface area (Å²) in [5.41, 5.74) is 0.626. The number of rotatable bonds is 3. The van der Waals surface area contributed by atoms with Crippen molar-refractivity contribution in [2.45, 2.75) is 18.2 Å². The molecule has 110 valence electrons. The van der Waals surface area contributed by atoms with Gasteiger partial charge in [-0.3, -0.25) is 4.79 Å². The molecule has 1 aromatic rings. The van der Waals surface area contributed by atoms with Gasteiger partial charge in [-0.05, 0) is 43.1 Å². The van der Waals surface area contributed by atoms with Crippen molar-refractivity contribution in [3.8, 4) is 0 Å². The second-order valence-electron chi connectivity index (χ2n) is 5.48. The molecule has 0 aliphatic carbocycles. The second kappa shape index (κ2) is 5.93. The maximum atomic E-state index is 12.1. The lowest BCUT2D eigenvalue weighted by Crippen LogP contribution is -2.40. The minimum atomic E-state index is -3.20. The highest BCUT2D eigenvalue weighted by Crippen LogP contribution is 2.19. The highest BCUT2D eigenvalue weighted by molar-refractivity contribution is 7.90. The molecule has 0 aromatic heterocycles. The third-order valence-corrected chi connectivity index (χ3v) is 4.62. The monoisotopic (exact) mass is 296 g/mol. The Morgan fingerprint density at radius 1 is 1.25 bits per heavy atom. The topological polar surface area (TPSA) is 75.3 Å². The first kappa shape index (κ1) is 15.0. The van der Waals surface area contributed by atoms with Crippen molar-refractivity contribution in [1.29, 1.82) is 0 Å². The number of piperidine rings is 1. The average molecular weight is 296 g/mol. The van der Waals surface area contributed by atoms with Crippen LogP contribution in [0.3, 0.4) is 0 Å². The van der Waals surface area contributed by atoms with Gasteiger partial charge < -0.3 is 10.6 Å². The van der Waals surface area contributed by atoms with Crippen LogP contribution < -0.4 is 10.6 Å². The molecule has 1 aliphatic rings. The number of sulfone groups is 1. The van der Waals surface area contributed by atoms with Crippen molar-refractivity contribution in [2.75, 3.05) is 24.7 Å². The molecule has 1 amide bonds. The van der Waals surface area contributed by atoms with Gasteiger partial charge in [-0.1, -0.05) is 6.92 Å². The Bertz CT molecular complexity index is 581. The SMILES string of the molecule is CC1CNCC(C(=O)Nc2ccc(S(C)(=O)=O)cc2)C1. The molecular weight excluding hydrogens is 276 g/mol. The Kier molecular flexibility index (Phi) is 4.45. The summed E-state index contributed by atoms with van der Waals surface area (Å²) in [5.74, 6) is 0.441. The summed E-state index contributed by atoms with van der Waals surface area (Å²) in [6.45, 7) is 3.76. The first-order chi connectivity index (χ1) is 9.36. The number of anilines is 1. The van der Waals surface area contributed by atoms with Gasteiger partial charge in [-0.15, -0.1) is 0 Å². The Hall–Kier alpha value is -1.40. The van der Waals surface area contributed by atoms with Gasteiger partial charge in [0.05, 0.1) is 10.8 Å². The first-order valence-corrected chi connectivity index (χ1v) is 8.57. The molecule has 2 N–H and O–H groups in total. The van der Waals surface area contributed by atoms with Gasteiger partial charge in [0.15, 0.2) is 9.84 Å². The molecule has 0 spiro atoms. The van der Waals surface area contributed by atoms with Gasteiger partial charge in [0.1, 0.15) is 0 Å². The fourth-order valence-corrected chi connectivity index (χ4v) is 3.02. The number of amides is 1. The summed E-state index contributed by atoms with van der Waals surface area (Å²) in [6.07, 6.45) is 2.04. The van der Waals surface area contributed by atoms with E-state index in [0.717, 1.165) is 19.2 Å². The minimum absolute atomic E-state index is 0.0174. The van der Waals surface area contributed by atoms with E-state index in [1.807, 2.05) is 0 Å². The lowest BCUT2D eigenvalue weighted by molar-refractivity contribution is -0.120. The van der Waals surface area contributed by atoms with Gasteiger partial charge in [0.25, 0.3) is 0 Å². The van der Waals surface area contributed by atoms with Gasteiger partial charge >= 0.3 is 0 Å². The third kappa shape index (κ3) is 3.80. The zero-order valence-electron chi connectivity index (χ0n) is 11.7. The van der Waals surface area contributed by atoms with E-state index in [-0.39, 0.29) is 16.7 Å². The van der Waals surface area contributed by atoms with Crippen LogP contribution in [0, 0.1) is 11.8 Å². The van der Waals surface area contributed by atoms with E-state index < -0.39 is 9.84 Å². The minimum Gasteiger partial charge on any atom is -0.326 e. The van der Waals surface area contributed by atoms with Crippen molar-refractivity contribution in [2.24, 2.45) is 11.8 Å². The number of benzene rings is 1. The highest BCUT2D eigenvalue weighted by Gasteiger charge is 2.24. The maximum Gasteiger partial charge on any atom is 0.228 e. The summed E-state index contributed by atoms with van der Waals surface area (Å²) >= 11 is 0. The van der Waals surface area contributed by atoms with Gasteiger partial charge in [-0.25, -0.2) is 8.42 Å². The lowest BCUT2D eigenvalue weighted by atomic mass is 9.91. The Morgan fingerprint density at radius 2 is 1.90 bits per heavy atom. The Balaban J connectivity index is 2.01. The summed E-state index contributed by atoms with van der Waals surface area (Å²) in [7, 11) is -3.20. The van der Waals surface area contributed by atoms with Crippen molar-refractivity contribution in [1.82, 2.24) is 5.32 Å². The number of hydrogen-bond acceptors (Lipinski definition) is 4. The fraction of sp³-hybridized carbons (Fsp3) is 0.500. The molecule has 1 aliphatic heterocycles. The van der Waals surface area contributed by atoms with Gasteiger partial charge in [-0.2, -0.15) is 0 Å². The largest absolute Gasteiger partial charge is 0.326 e. The Labute approximate surface area is 119 Å². The van der Waals surface area contributed by atoms with E-state index in [9.17, 15) is 13.2 Å². The van der Waals surface area contributed by atoms with Crippen LogP contribution in [0.5, 0.6) is 0 Å². The highest BCUT2D eigenvalue weighted by atomic mass is 32.2. The average Bonchev–Trinajstić information content (AvgIpc) is 2.38. The number of nitrogens with one attached hydrogen (secondary N) is 2. The second-order valence-corrected chi connectivity index (χ2v) is 7.50. The van der Waals surface area contributed by atoms with E-state index in [1.54, 1.807) is 12.1 Å². The van der Waals surface area contributed by atoms with Crippen molar-refractivity contribution in [3.05, 3.63) is 24.3 Å². The van der Waals surface area contributed by atoms with E-state index in [1.165, 1.54) is 12.1 Å². The van der Waals surface area contributed by atoms with Crippen LogP contribution in [0.1, 0.15) is 13.3 Å². The van der Waals surface area contributed by atoms with E-state index in [2.05, 4.69) is 17.6 Å².